The molecule has 3 rings (SSSR count). The molecule has 1 aromatic carbocycles. The van der Waals surface area contributed by atoms with Gasteiger partial charge >= 0.3 is 0 Å². The predicted molar refractivity (Wildman–Crippen MR) is 63.0 cm³/mol. The highest BCUT2D eigenvalue weighted by molar-refractivity contribution is 5.42. The third-order valence-corrected chi connectivity index (χ3v) is 2.68. The average molecular weight is 242 g/mol. The Balaban J connectivity index is 2.04. The summed E-state index contributed by atoms with van der Waals surface area (Å²) in [6.07, 6.45) is 7.64. The Morgan fingerprint density at radius 1 is 0.889 bits per heavy atom. The van der Waals surface area contributed by atoms with Crippen molar-refractivity contribution in [3.05, 3.63) is 49.1 Å². The van der Waals surface area contributed by atoms with Crippen molar-refractivity contribution in [1.29, 1.82) is 0 Å². The van der Waals surface area contributed by atoms with E-state index in [0.29, 0.717) is 0 Å². The summed E-state index contributed by atoms with van der Waals surface area (Å²) in [5.74, 6) is 0. The third-order valence-electron chi connectivity index (χ3n) is 2.68. The minimum absolute atomic E-state index is 1.01. The minimum atomic E-state index is 1.01. The van der Waals surface area contributed by atoms with Gasteiger partial charge in [-0.2, -0.15) is 0 Å². The average Bonchev–Trinajstić information content (AvgIpc) is 2.98. The summed E-state index contributed by atoms with van der Waals surface area (Å²) < 4.78 is 7.18. The monoisotopic (exact) mass is 242 g/mol. The zero-order chi connectivity index (χ0) is 12.5. The van der Waals surface area contributed by atoms with Gasteiger partial charge in [-0.05, 0) is 12.1 Å². The first-order chi connectivity index (χ1) is 8.72. The van der Waals surface area contributed by atoms with Crippen molar-refractivity contribution in [2.24, 2.45) is 14.1 Å². The van der Waals surface area contributed by atoms with Gasteiger partial charge in [-0.3, -0.25) is 0 Å². The van der Waals surface area contributed by atoms with Gasteiger partial charge in [0.05, 0.1) is 10.4 Å². The summed E-state index contributed by atoms with van der Waals surface area (Å²) in [6.45, 7) is 0. The van der Waals surface area contributed by atoms with Gasteiger partial charge in [0.1, 0.15) is 14.1 Å². The lowest BCUT2D eigenvalue weighted by Gasteiger charge is -1.95. The van der Waals surface area contributed by atoms with Crippen LogP contribution in [-0.2, 0) is 14.1 Å². The molecule has 0 aliphatic carbocycles. The predicted octanol–water partition coefficient (Wildman–Crippen LogP) is -0.293. The molecule has 0 spiro atoms. The van der Waals surface area contributed by atoms with Crippen LogP contribution in [0.1, 0.15) is 0 Å². The Bertz CT molecular complexity index is 626. The molecule has 6 nitrogen and oxygen atoms in total. The van der Waals surface area contributed by atoms with Crippen molar-refractivity contribution in [2.75, 3.05) is 0 Å². The standard InChI is InChI=1S/C12H14N6/c1-15-6-8-17(13-15)11-4-3-5-12(10-11)18-9-7-16(2)14-18/h3-10H,1-2H3/q+2. The Kier molecular flexibility index (Phi) is 2.40. The van der Waals surface area contributed by atoms with Gasteiger partial charge in [-0.25, -0.2) is 0 Å². The lowest BCUT2D eigenvalue weighted by Crippen LogP contribution is -2.30. The molecule has 18 heavy (non-hydrogen) atoms. The SMILES string of the molecule is C[n+]1ccn(-c2cccc(-n3cc[n+](C)n3)c2)n1. The topological polar surface area (TPSA) is 43.4 Å². The molecular weight excluding hydrogens is 228 g/mol. The van der Waals surface area contributed by atoms with Gasteiger partial charge in [0.2, 0.25) is 0 Å². The van der Waals surface area contributed by atoms with E-state index in [0.717, 1.165) is 11.4 Å². The molecule has 0 atom stereocenters. The van der Waals surface area contributed by atoms with Crippen LogP contribution in [0.4, 0.5) is 0 Å². The van der Waals surface area contributed by atoms with E-state index >= 15 is 0 Å². The molecule has 0 saturated carbocycles. The maximum absolute atomic E-state index is 4.32. The van der Waals surface area contributed by atoms with Gasteiger partial charge in [0.15, 0.2) is 36.2 Å². The molecule has 90 valence electrons. The van der Waals surface area contributed by atoms with E-state index in [1.165, 1.54) is 0 Å². The summed E-state index contributed by atoms with van der Waals surface area (Å²) in [4.78, 5) is 0. The third kappa shape index (κ3) is 1.88. The molecule has 2 heterocycles. The summed E-state index contributed by atoms with van der Waals surface area (Å²) in [5, 5.41) is 8.64. The van der Waals surface area contributed by atoms with E-state index in [1.807, 2.05) is 72.5 Å². The summed E-state index contributed by atoms with van der Waals surface area (Å²) >= 11 is 0. The van der Waals surface area contributed by atoms with Crippen LogP contribution in [0, 0.1) is 0 Å². The van der Waals surface area contributed by atoms with Crippen molar-refractivity contribution in [3.8, 4) is 11.4 Å². The zero-order valence-corrected chi connectivity index (χ0v) is 10.3. The summed E-state index contributed by atoms with van der Waals surface area (Å²) in [7, 11) is 3.79. The largest absolute Gasteiger partial charge is 0.161 e. The molecule has 0 fully saturated rings. The van der Waals surface area contributed by atoms with Crippen LogP contribution < -0.4 is 9.36 Å². The number of rotatable bonds is 2. The van der Waals surface area contributed by atoms with Gasteiger partial charge in [0, 0.05) is 6.07 Å². The molecule has 0 aliphatic heterocycles. The van der Waals surface area contributed by atoms with E-state index in [4.69, 9.17) is 0 Å². The maximum atomic E-state index is 4.32. The Hall–Kier alpha value is -2.50. The number of aryl methyl sites for hydroxylation is 2. The number of hydrogen-bond acceptors (Lipinski definition) is 2. The number of benzene rings is 1. The Morgan fingerprint density at radius 2 is 1.39 bits per heavy atom. The first-order valence-electron chi connectivity index (χ1n) is 5.66. The van der Waals surface area contributed by atoms with Crippen molar-refractivity contribution in [2.45, 2.75) is 0 Å². The van der Waals surface area contributed by atoms with E-state index in [1.54, 1.807) is 9.36 Å². The van der Waals surface area contributed by atoms with Gasteiger partial charge < -0.3 is 0 Å². The summed E-state index contributed by atoms with van der Waals surface area (Å²) in [5.41, 5.74) is 2.01. The Morgan fingerprint density at radius 3 is 1.78 bits per heavy atom. The molecule has 3 aromatic rings. The van der Waals surface area contributed by atoms with Gasteiger partial charge in [-0.15, -0.1) is 18.7 Å². The second-order valence-corrected chi connectivity index (χ2v) is 4.13. The zero-order valence-electron chi connectivity index (χ0n) is 10.3. The molecule has 0 aliphatic rings. The van der Waals surface area contributed by atoms with Crippen LogP contribution >= 0.6 is 0 Å². The molecule has 0 radical (unpaired) electrons. The summed E-state index contributed by atoms with van der Waals surface area (Å²) in [6, 6.07) is 8.06. The molecule has 0 amide bonds. The van der Waals surface area contributed by atoms with Gasteiger partial charge in [-0.1, -0.05) is 6.07 Å². The Labute approximate surface area is 104 Å². The molecule has 0 bridgehead atoms. The van der Waals surface area contributed by atoms with Gasteiger partial charge in [0.25, 0.3) is 0 Å². The number of nitrogens with zero attached hydrogens (tertiary/aromatic N) is 6. The highest BCUT2D eigenvalue weighted by Crippen LogP contribution is 2.11. The van der Waals surface area contributed by atoms with Crippen molar-refractivity contribution in [3.63, 3.8) is 0 Å². The van der Waals surface area contributed by atoms with Crippen LogP contribution in [0.5, 0.6) is 0 Å². The lowest BCUT2D eigenvalue weighted by atomic mass is 10.3. The normalized spacial score (nSPS) is 10.8. The van der Waals surface area contributed by atoms with Crippen LogP contribution in [0.15, 0.2) is 49.1 Å². The van der Waals surface area contributed by atoms with Crippen molar-refractivity contribution in [1.82, 2.24) is 19.8 Å². The highest BCUT2D eigenvalue weighted by atomic mass is 15.5. The first kappa shape index (κ1) is 10.6. The van der Waals surface area contributed by atoms with Crippen LogP contribution in [0.3, 0.4) is 0 Å². The quantitative estimate of drug-likeness (QED) is 0.579. The maximum Gasteiger partial charge on any atom is 0.161 e. The highest BCUT2D eigenvalue weighted by Gasteiger charge is 2.11. The van der Waals surface area contributed by atoms with E-state index in [2.05, 4.69) is 10.4 Å². The van der Waals surface area contributed by atoms with E-state index in [-0.39, 0.29) is 0 Å². The smallest absolute Gasteiger partial charge is 0.140 e. The molecule has 6 heteroatoms. The van der Waals surface area contributed by atoms with Crippen molar-refractivity contribution < 1.29 is 9.36 Å². The fourth-order valence-corrected chi connectivity index (χ4v) is 1.80. The molecule has 0 N–H and O–H groups in total. The fraction of sp³-hybridized carbons (Fsp3) is 0.167. The van der Waals surface area contributed by atoms with Crippen LogP contribution in [0.2, 0.25) is 0 Å². The second-order valence-electron chi connectivity index (χ2n) is 4.13. The molecule has 0 unspecified atom stereocenters. The second kappa shape index (κ2) is 4.06. The number of aromatic nitrogens is 6. The van der Waals surface area contributed by atoms with E-state index < -0.39 is 0 Å². The molecule has 0 saturated heterocycles. The van der Waals surface area contributed by atoms with Crippen LogP contribution in [0.25, 0.3) is 11.4 Å². The molecule has 2 aromatic heterocycles. The fourth-order valence-electron chi connectivity index (χ4n) is 1.80. The van der Waals surface area contributed by atoms with E-state index in [9.17, 15) is 0 Å². The number of hydrogen-bond donors (Lipinski definition) is 0. The van der Waals surface area contributed by atoms with Crippen LogP contribution in [-0.4, -0.2) is 19.8 Å². The molecular formula is C12H14N6+2. The lowest BCUT2D eigenvalue weighted by molar-refractivity contribution is -0.731. The minimum Gasteiger partial charge on any atom is -0.140 e. The first-order valence-corrected chi connectivity index (χ1v) is 5.66. The van der Waals surface area contributed by atoms with Crippen molar-refractivity contribution >= 4 is 0 Å².